The lowest BCUT2D eigenvalue weighted by Crippen LogP contribution is -2.32. The van der Waals surface area contributed by atoms with E-state index in [0.29, 0.717) is 6.04 Å². The first kappa shape index (κ1) is 15.5. The lowest BCUT2D eigenvalue weighted by molar-refractivity contribution is 0.243. The topological polar surface area (TPSA) is 15.3 Å². The Labute approximate surface area is 124 Å². The van der Waals surface area contributed by atoms with E-state index in [-0.39, 0.29) is 0 Å². The van der Waals surface area contributed by atoms with E-state index in [0.717, 1.165) is 12.6 Å². The van der Waals surface area contributed by atoms with Crippen LogP contribution in [0.3, 0.4) is 0 Å². The number of unbranched alkanes of at least 4 members (excludes halogenated alkanes) is 1. The number of hydrogen-bond acceptors (Lipinski definition) is 2. The highest BCUT2D eigenvalue weighted by Crippen LogP contribution is 2.28. The fourth-order valence-electron chi connectivity index (χ4n) is 2.89. The van der Waals surface area contributed by atoms with Crippen molar-refractivity contribution in [3.05, 3.63) is 35.9 Å². The second kappa shape index (κ2) is 8.43. The van der Waals surface area contributed by atoms with Crippen LogP contribution in [0.4, 0.5) is 0 Å². The molecule has 1 unspecified atom stereocenters. The van der Waals surface area contributed by atoms with Crippen LogP contribution in [0.5, 0.6) is 0 Å². The summed E-state index contributed by atoms with van der Waals surface area (Å²) in [6.45, 7) is 8.05. The zero-order valence-corrected chi connectivity index (χ0v) is 13.1. The molecule has 0 aromatic heterocycles. The molecule has 0 radical (unpaired) electrons. The minimum Gasteiger partial charge on any atom is -0.310 e. The fourth-order valence-corrected chi connectivity index (χ4v) is 2.89. The molecule has 0 heterocycles. The van der Waals surface area contributed by atoms with Crippen LogP contribution in [0, 0.1) is 0 Å². The van der Waals surface area contributed by atoms with Crippen LogP contribution >= 0.6 is 0 Å². The maximum absolute atomic E-state index is 3.64. The van der Waals surface area contributed by atoms with Crippen LogP contribution in [0.25, 0.3) is 0 Å². The van der Waals surface area contributed by atoms with Gasteiger partial charge in [-0.1, -0.05) is 50.6 Å². The lowest BCUT2D eigenvalue weighted by Gasteiger charge is -2.25. The predicted octanol–water partition coefficient (Wildman–Crippen LogP) is 3.99. The largest absolute Gasteiger partial charge is 0.310 e. The number of benzene rings is 1. The molecule has 2 heteroatoms. The second-order valence-corrected chi connectivity index (χ2v) is 5.93. The average molecular weight is 274 g/mol. The molecule has 1 aliphatic carbocycles. The van der Waals surface area contributed by atoms with E-state index in [2.05, 4.69) is 54.4 Å². The van der Waals surface area contributed by atoms with Gasteiger partial charge in [0.05, 0.1) is 0 Å². The first-order chi connectivity index (χ1) is 9.85. The standard InChI is InChI=1S/C18H30N2/c1-3-5-14-20(17-11-12-17)15-13-18(19-4-2)16-9-7-6-8-10-16/h6-10,17-19H,3-5,11-15H2,1-2H3. The predicted molar refractivity (Wildman–Crippen MR) is 87.0 cm³/mol. The van der Waals surface area contributed by atoms with Gasteiger partial charge in [0.2, 0.25) is 0 Å². The average Bonchev–Trinajstić information content (AvgIpc) is 3.32. The quantitative estimate of drug-likeness (QED) is 0.694. The summed E-state index contributed by atoms with van der Waals surface area (Å²) >= 11 is 0. The van der Waals surface area contributed by atoms with Crippen LogP contribution in [0.1, 0.15) is 57.6 Å². The Morgan fingerprint density at radius 2 is 1.90 bits per heavy atom. The van der Waals surface area contributed by atoms with E-state index in [1.54, 1.807) is 0 Å². The number of nitrogens with zero attached hydrogens (tertiary/aromatic N) is 1. The van der Waals surface area contributed by atoms with Crippen molar-refractivity contribution in [2.45, 2.75) is 58.0 Å². The van der Waals surface area contributed by atoms with Crippen molar-refractivity contribution in [1.82, 2.24) is 10.2 Å². The van der Waals surface area contributed by atoms with Gasteiger partial charge in [0.15, 0.2) is 0 Å². The van der Waals surface area contributed by atoms with E-state index in [1.807, 2.05) is 0 Å². The summed E-state index contributed by atoms with van der Waals surface area (Å²) in [7, 11) is 0. The molecule has 2 rings (SSSR count). The van der Waals surface area contributed by atoms with E-state index >= 15 is 0 Å². The Balaban J connectivity index is 1.87. The van der Waals surface area contributed by atoms with Crippen LogP contribution in [0.15, 0.2) is 30.3 Å². The molecule has 1 fully saturated rings. The molecular weight excluding hydrogens is 244 g/mol. The minimum atomic E-state index is 0.504. The first-order valence-electron chi connectivity index (χ1n) is 8.37. The van der Waals surface area contributed by atoms with Gasteiger partial charge < -0.3 is 10.2 Å². The molecule has 1 aromatic carbocycles. The Morgan fingerprint density at radius 1 is 1.15 bits per heavy atom. The Bertz CT molecular complexity index is 359. The first-order valence-corrected chi connectivity index (χ1v) is 8.37. The molecular formula is C18H30N2. The van der Waals surface area contributed by atoms with Gasteiger partial charge in [0, 0.05) is 18.6 Å². The van der Waals surface area contributed by atoms with Crippen molar-refractivity contribution in [3.63, 3.8) is 0 Å². The van der Waals surface area contributed by atoms with Gasteiger partial charge in [-0.25, -0.2) is 0 Å². The molecule has 0 amide bonds. The summed E-state index contributed by atoms with van der Waals surface area (Å²) in [4.78, 5) is 2.72. The molecule has 1 aliphatic rings. The second-order valence-electron chi connectivity index (χ2n) is 5.93. The van der Waals surface area contributed by atoms with Gasteiger partial charge in [-0.05, 0) is 44.3 Å². The van der Waals surface area contributed by atoms with Gasteiger partial charge in [-0.3, -0.25) is 0 Å². The number of nitrogens with one attached hydrogen (secondary N) is 1. The van der Waals surface area contributed by atoms with Crippen molar-refractivity contribution in [3.8, 4) is 0 Å². The van der Waals surface area contributed by atoms with Crippen LogP contribution < -0.4 is 5.32 Å². The SMILES string of the molecule is CCCCN(CCC(NCC)c1ccccc1)C1CC1. The zero-order chi connectivity index (χ0) is 14.2. The van der Waals surface area contributed by atoms with Gasteiger partial charge >= 0.3 is 0 Å². The van der Waals surface area contributed by atoms with E-state index < -0.39 is 0 Å². The molecule has 0 bridgehead atoms. The Kier molecular flexibility index (Phi) is 6.55. The van der Waals surface area contributed by atoms with Crippen molar-refractivity contribution < 1.29 is 0 Å². The lowest BCUT2D eigenvalue weighted by atomic mass is 10.0. The third-order valence-corrected chi connectivity index (χ3v) is 4.22. The number of hydrogen-bond donors (Lipinski definition) is 1. The van der Waals surface area contributed by atoms with Gasteiger partial charge in [0.25, 0.3) is 0 Å². The summed E-state index contributed by atoms with van der Waals surface area (Å²) < 4.78 is 0. The molecule has 0 saturated heterocycles. The molecule has 0 spiro atoms. The molecule has 1 atom stereocenters. The molecule has 20 heavy (non-hydrogen) atoms. The maximum atomic E-state index is 3.64. The maximum Gasteiger partial charge on any atom is 0.0332 e. The highest BCUT2D eigenvalue weighted by molar-refractivity contribution is 5.18. The van der Waals surface area contributed by atoms with Gasteiger partial charge in [-0.15, -0.1) is 0 Å². The summed E-state index contributed by atoms with van der Waals surface area (Å²) in [5.74, 6) is 0. The van der Waals surface area contributed by atoms with Crippen molar-refractivity contribution in [2.75, 3.05) is 19.6 Å². The third kappa shape index (κ3) is 4.92. The number of rotatable bonds is 10. The molecule has 1 aromatic rings. The van der Waals surface area contributed by atoms with Crippen molar-refractivity contribution in [2.24, 2.45) is 0 Å². The summed E-state index contributed by atoms with van der Waals surface area (Å²) in [5, 5.41) is 3.64. The molecule has 0 aliphatic heterocycles. The van der Waals surface area contributed by atoms with E-state index in [1.165, 1.54) is 50.8 Å². The summed E-state index contributed by atoms with van der Waals surface area (Å²) in [6, 6.07) is 12.3. The highest BCUT2D eigenvalue weighted by atomic mass is 15.2. The van der Waals surface area contributed by atoms with Crippen molar-refractivity contribution >= 4 is 0 Å². The van der Waals surface area contributed by atoms with E-state index in [4.69, 9.17) is 0 Å². The molecule has 2 nitrogen and oxygen atoms in total. The Hall–Kier alpha value is -0.860. The van der Waals surface area contributed by atoms with E-state index in [9.17, 15) is 0 Å². The van der Waals surface area contributed by atoms with Crippen LogP contribution in [0.2, 0.25) is 0 Å². The summed E-state index contributed by atoms with van der Waals surface area (Å²) in [6.07, 6.45) is 6.70. The van der Waals surface area contributed by atoms with Crippen LogP contribution in [-0.4, -0.2) is 30.6 Å². The van der Waals surface area contributed by atoms with Crippen LogP contribution in [-0.2, 0) is 0 Å². The molecule has 1 saturated carbocycles. The normalized spacial score (nSPS) is 16.6. The third-order valence-electron chi connectivity index (χ3n) is 4.22. The minimum absolute atomic E-state index is 0.504. The summed E-state index contributed by atoms with van der Waals surface area (Å²) in [5.41, 5.74) is 1.43. The smallest absolute Gasteiger partial charge is 0.0332 e. The van der Waals surface area contributed by atoms with Crippen molar-refractivity contribution in [1.29, 1.82) is 0 Å². The molecule has 112 valence electrons. The monoisotopic (exact) mass is 274 g/mol. The highest BCUT2D eigenvalue weighted by Gasteiger charge is 2.28. The fraction of sp³-hybridized carbons (Fsp3) is 0.667. The Morgan fingerprint density at radius 3 is 2.50 bits per heavy atom. The zero-order valence-electron chi connectivity index (χ0n) is 13.1. The van der Waals surface area contributed by atoms with Gasteiger partial charge in [-0.2, -0.15) is 0 Å². The van der Waals surface area contributed by atoms with Gasteiger partial charge in [0.1, 0.15) is 0 Å². The molecule has 1 N–H and O–H groups in total.